The summed E-state index contributed by atoms with van der Waals surface area (Å²) in [6.45, 7) is 7.92. The van der Waals surface area contributed by atoms with E-state index in [2.05, 4.69) is 25.2 Å². The van der Waals surface area contributed by atoms with Crippen molar-refractivity contribution in [2.45, 2.75) is 20.3 Å². The van der Waals surface area contributed by atoms with Gasteiger partial charge in [0, 0.05) is 17.7 Å². The van der Waals surface area contributed by atoms with Crippen molar-refractivity contribution in [3.05, 3.63) is 83.7 Å². The van der Waals surface area contributed by atoms with Crippen LogP contribution in [0.1, 0.15) is 31.4 Å². The van der Waals surface area contributed by atoms with Gasteiger partial charge in [0.1, 0.15) is 23.9 Å². The molecule has 0 aliphatic heterocycles. The Kier molecular flexibility index (Phi) is 7.48. The molecule has 1 aliphatic rings. The number of rotatable bonds is 9. The number of halogens is 1. The monoisotopic (exact) mass is 393 g/mol. The maximum absolute atomic E-state index is 14.2. The van der Waals surface area contributed by atoms with E-state index in [1.807, 2.05) is 36.4 Å². The lowest BCUT2D eigenvalue weighted by atomic mass is 9.89. The second kappa shape index (κ2) is 10.3. The molecule has 0 N–H and O–H groups in total. The predicted octanol–water partition coefficient (Wildman–Crippen LogP) is 5.47. The Morgan fingerprint density at radius 3 is 2.41 bits per heavy atom. The molecule has 0 heterocycles. The topological polar surface area (TPSA) is 21.7 Å². The van der Waals surface area contributed by atoms with Crippen LogP contribution in [-0.2, 0) is 4.74 Å². The van der Waals surface area contributed by atoms with Gasteiger partial charge in [-0.1, -0.05) is 44.2 Å². The molecule has 4 heteroatoms. The zero-order valence-electron chi connectivity index (χ0n) is 17.4. The molecule has 0 saturated heterocycles. The molecule has 0 unspecified atom stereocenters. The van der Waals surface area contributed by atoms with Crippen molar-refractivity contribution in [1.82, 2.24) is 4.90 Å². The largest absolute Gasteiger partial charge is 0.500 e. The van der Waals surface area contributed by atoms with Crippen LogP contribution in [0.5, 0.6) is 5.75 Å². The molecule has 3 nitrogen and oxygen atoms in total. The van der Waals surface area contributed by atoms with Crippen LogP contribution in [0.4, 0.5) is 4.39 Å². The van der Waals surface area contributed by atoms with Crippen molar-refractivity contribution >= 4 is 11.1 Å². The maximum Gasteiger partial charge on any atom is 0.130 e. The maximum atomic E-state index is 14.2. The number of ether oxygens (including phenoxy) is 2. The van der Waals surface area contributed by atoms with Crippen LogP contribution in [0.2, 0.25) is 0 Å². The Morgan fingerprint density at radius 1 is 1.03 bits per heavy atom. The molecular formula is C25H28FNO2. The molecule has 2 radical (unpaired) electrons. The van der Waals surface area contributed by atoms with E-state index >= 15 is 0 Å². The van der Waals surface area contributed by atoms with Crippen molar-refractivity contribution in [3.63, 3.8) is 0 Å². The third-order valence-electron chi connectivity index (χ3n) is 5.16. The van der Waals surface area contributed by atoms with E-state index in [4.69, 9.17) is 9.47 Å². The van der Waals surface area contributed by atoms with Crippen molar-refractivity contribution in [1.29, 1.82) is 0 Å². The summed E-state index contributed by atoms with van der Waals surface area (Å²) in [7, 11) is 1.63. The third kappa shape index (κ3) is 5.27. The van der Waals surface area contributed by atoms with Crippen LogP contribution in [-0.4, -0.2) is 38.3 Å². The highest BCUT2D eigenvalue weighted by Crippen LogP contribution is 2.36. The first-order valence-corrected chi connectivity index (χ1v) is 10.1. The Morgan fingerprint density at radius 2 is 1.76 bits per heavy atom. The molecule has 1 aliphatic carbocycles. The fourth-order valence-corrected chi connectivity index (χ4v) is 3.42. The van der Waals surface area contributed by atoms with Crippen LogP contribution >= 0.6 is 0 Å². The number of benzene rings is 2. The lowest BCUT2D eigenvalue weighted by Crippen LogP contribution is -2.27. The van der Waals surface area contributed by atoms with E-state index in [9.17, 15) is 4.39 Å². The summed E-state index contributed by atoms with van der Waals surface area (Å²) in [6.07, 6.45) is 5.76. The summed E-state index contributed by atoms with van der Waals surface area (Å²) in [5.74, 6) is 1.29. The van der Waals surface area contributed by atoms with Crippen LogP contribution in [0.25, 0.3) is 11.1 Å². The smallest absolute Gasteiger partial charge is 0.130 e. The van der Waals surface area contributed by atoms with Crippen molar-refractivity contribution < 1.29 is 13.9 Å². The summed E-state index contributed by atoms with van der Waals surface area (Å²) >= 11 is 0. The van der Waals surface area contributed by atoms with Gasteiger partial charge in [0.25, 0.3) is 0 Å². The highest BCUT2D eigenvalue weighted by atomic mass is 19.1. The third-order valence-corrected chi connectivity index (χ3v) is 5.16. The lowest BCUT2D eigenvalue weighted by molar-refractivity contribution is 0.223. The van der Waals surface area contributed by atoms with Crippen LogP contribution in [0, 0.1) is 12.2 Å². The van der Waals surface area contributed by atoms with Crippen LogP contribution in [0.15, 0.2) is 60.4 Å². The minimum atomic E-state index is -0.224. The van der Waals surface area contributed by atoms with Gasteiger partial charge in [-0.25, -0.2) is 4.39 Å². The second-order valence-electron chi connectivity index (χ2n) is 6.85. The summed E-state index contributed by atoms with van der Waals surface area (Å²) < 4.78 is 25.6. The Hall–Kier alpha value is -2.59. The van der Waals surface area contributed by atoms with Crippen molar-refractivity contribution in [3.8, 4) is 5.75 Å². The van der Waals surface area contributed by atoms with E-state index < -0.39 is 0 Å². The van der Waals surface area contributed by atoms with E-state index in [-0.39, 0.29) is 5.82 Å². The summed E-state index contributed by atoms with van der Waals surface area (Å²) in [5, 5.41) is 0. The minimum Gasteiger partial charge on any atom is -0.500 e. The van der Waals surface area contributed by atoms with Crippen LogP contribution < -0.4 is 4.74 Å². The van der Waals surface area contributed by atoms with Gasteiger partial charge in [0.05, 0.1) is 13.5 Å². The van der Waals surface area contributed by atoms with Crippen molar-refractivity contribution in [2.24, 2.45) is 0 Å². The standard InChI is InChI=1S/C25H28FNO2/c1-4-27(5-2)16-17-29-21-13-10-19(11-14-21)23-18-20(12-15-25(23)28-3)22-8-6-7-9-24(22)26/h6-11,13-14,18H,4-5,12,16-17H2,1-3H3. The number of allylic oxidation sites excluding steroid dienone is 4. The lowest BCUT2D eigenvalue weighted by Gasteiger charge is -2.20. The minimum absolute atomic E-state index is 0.224. The number of nitrogens with zero attached hydrogens (tertiary/aromatic N) is 1. The fourth-order valence-electron chi connectivity index (χ4n) is 3.42. The zero-order valence-corrected chi connectivity index (χ0v) is 17.4. The van der Waals surface area contributed by atoms with E-state index in [1.54, 1.807) is 19.2 Å². The Bertz CT molecular complexity index is 867. The molecule has 0 amide bonds. The molecular weight excluding hydrogens is 365 g/mol. The molecule has 2 aromatic carbocycles. The molecule has 0 aromatic heterocycles. The molecule has 0 saturated carbocycles. The number of hydrogen-bond acceptors (Lipinski definition) is 3. The number of hydrogen-bond donors (Lipinski definition) is 0. The van der Waals surface area contributed by atoms with Crippen LogP contribution in [0.3, 0.4) is 0 Å². The Labute approximate surface area is 173 Å². The quantitative estimate of drug-likeness (QED) is 0.564. The first-order chi connectivity index (χ1) is 14.2. The number of likely N-dealkylation sites (N-methyl/N-ethyl adjacent to an activating group) is 1. The summed E-state index contributed by atoms with van der Waals surface area (Å²) in [4.78, 5) is 2.33. The van der Waals surface area contributed by atoms with Gasteiger partial charge in [-0.15, -0.1) is 0 Å². The van der Waals surface area contributed by atoms with Crippen molar-refractivity contribution in [2.75, 3.05) is 33.4 Å². The summed E-state index contributed by atoms with van der Waals surface area (Å²) in [6, 6.07) is 14.8. The molecule has 0 atom stereocenters. The van der Waals surface area contributed by atoms with Gasteiger partial charge in [-0.3, -0.25) is 0 Å². The molecule has 0 bridgehead atoms. The SMILES string of the molecule is CCN(CC)CCOc1ccc(C2=C(OC)[C]CC(c3ccccc3F)=C2)cc1. The highest BCUT2D eigenvalue weighted by molar-refractivity contribution is 5.88. The predicted molar refractivity (Wildman–Crippen MR) is 116 cm³/mol. The number of methoxy groups -OCH3 is 1. The van der Waals surface area contributed by atoms with E-state index in [0.29, 0.717) is 24.4 Å². The normalized spacial score (nSPS) is 14.2. The van der Waals surface area contributed by atoms with E-state index in [1.165, 1.54) is 6.07 Å². The Balaban J connectivity index is 1.77. The molecule has 29 heavy (non-hydrogen) atoms. The zero-order chi connectivity index (χ0) is 20.6. The highest BCUT2D eigenvalue weighted by Gasteiger charge is 2.19. The second-order valence-corrected chi connectivity index (χ2v) is 6.85. The first kappa shape index (κ1) is 21.1. The van der Waals surface area contributed by atoms with Gasteiger partial charge in [0.2, 0.25) is 0 Å². The van der Waals surface area contributed by atoms with Gasteiger partial charge in [-0.05, 0) is 54.9 Å². The summed E-state index contributed by atoms with van der Waals surface area (Å²) in [5.41, 5.74) is 3.37. The average molecular weight is 394 g/mol. The molecule has 3 rings (SSSR count). The van der Waals surface area contributed by atoms with E-state index in [0.717, 1.165) is 42.1 Å². The van der Waals surface area contributed by atoms with Gasteiger partial charge in [-0.2, -0.15) is 0 Å². The average Bonchev–Trinajstić information content (AvgIpc) is 2.77. The van der Waals surface area contributed by atoms with Gasteiger partial charge >= 0.3 is 0 Å². The molecule has 152 valence electrons. The van der Waals surface area contributed by atoms with Gasteiger partial charge in [0.15, 0.2) is 0 Å². The molecule has 0 fully saturated rings. The van der Waals surface area contributed by atoms with Gasteiger partial charge < -0.3 is 14.4 Å². The molecule has 2 aromatic rings. The first-order valence-electron chi connectivity index (χ1n) is 10.1. The fraction of sp³-hybridized carbons (Fsp3) is 0.320. The molecule has 0 spiro atoms.